The Morgan fingerprint density at radius 2 is 1.91 bits per heavy atom. The van der Waals surface area contributed by atoms with E-state index in [1.807, 2.05) is 0 Å². The van der Waals surface area contributed by atoms with E-state index >= 15 is 0 Å². The molecule has 2 aromatic heterocycles. The first-order valence-electron chi connectivity index (χ1n) is 16.7. The van der Waals surface area contributed by atoms with Gasteiger partial charge in [-0.15, -0.1) is 0 Å². The number of imide groups is 1. The van der Waals surface area contributed by atoms with E-state index in [-0.39, 0.29) is 53.3 Å². The van der Waals surface area contributed by atoms with Crippen molar-refractivity contribution in [3.63, 3.8) is 0 Å². The molecule has 3 aliphatic heterocycles. The maximum Gasteiger partial charge on any atom is 0.329 e. The second kappa shape index (κ2) is 13.0. The maximum atomic E-state index is 14.1. The predicted octanol–water partition coefficient (Wildman–Crippen LogP) is 4.59. The van der Waals surface area contributed by atoms with Gasteiger partial charge in [-0.1, -0.05) is 6.07 Å². The lowest BCUT2D eigenvalue weighted by Crippen LogP contribution is -2.53. The van der Waals surface area contributed by atoms with Crippen LogP contribution in [0.5, 0.6) is 17.4 Å². The number of carbonyl (C=O) groups excluding carboxylic acids is 3. The highest BCUT2D eigenvalue weighted by molar-refractivity contribution is 6.24. The summed E-state index contributed by atoms with van der Waals surface area (Å²) in [6, 6.07) is 7.15. The zero-order chi connectivity index (χ0) is 37.2. The van der Waals surface area contributed by atoms with Gasteiger partial charge in [0.15, 0.2) is 17.4 Å². The number of nitrogen functional groups attached to an aromatic ring is 1. The highest BCUT2D eigenvalue weighted by atomic mass is 19.3. The lowest BCUT2D eigenvalue weighted by atomic mass is 9.98. The van der Waals surface area contributed by atoms with Crippen molar-refractivity contribution < 1.29 is 46.2 Å². The summed E-state index contributed by atoms with van der Waals surface area (Å²) in [6.45, 7) is 2.64. The molecule has 1 unspecified atom stereocenters. The van der Waals surface area contributed by atoms with Crippen molar-refractivity contribution in [1.82, 2.24) is 25.0 Å². The van der Waals surface area contributed by atoms with E-state index in [0.717, 1.165) is 17.0 Å². The molecule has 0 saturated carbocycles. The fraction of sp³-hybridized carbons (Fsp3) is 0.306. The normalized spacial score (nSPS) is 19.9. The number of likely N-dealkylation sites (tertiary alicyclic amines) is 1. The van der Waals surface area contributed by atoms with Gasteiger partial charge in [-0.05, 0) is 60.4 Å². The number of alkyl halides is 2. The van der Waals surface area contributed by atoms with Crippen LogP contribution in [0.2, 0.25) is 0 Å². The minimum absolute atomic E-state index is 0.00298. The van der Waals surface area contributed by atoms with Gasteiger partial charge in [0.25, 0.3) is 12.3 Å². The Kier molecular flexibility index (Phi) is 8.41. The largest absolute Gasteiger partial charge is 0.485 e. The number of pyridine rings is 1. The molecule has 3 amide bonds. The Morgan fingerprint density at radius 3 is 2.60 bits per heavy atom. The van der Waals surface area contributed by atoms with E-state index in [1.165, 1.54) is 41.3 Å². The highest BCUT2D eigenvalue weighted by Crippen LogP contribution is 2.42. The van der Waals surface area contributed by atoms with Gasteiger partial charge in [-0.25, -0.2) is 36.9 Å². The molecule has 4 aromatic rings. The summed E-state index contributed by atoms with van der Waals surface area (Å²) in [5.74, 6) is -3.61. The number of hydrogen-bond acceptors (Lipinski definition) is 10. The Bertz CT molecular complexity index is 2200. The van der Waals surface area contributed by atoms with Crippen LogP contribution in [0.3, 0.4) is 0 Å². The maximum absolute atomic E-state index is 14.1. The molecule has 3 N–H and O–H groups in total. The SMILES string of the molecule is Cc1cc(Oc2c(F)cccc2F)ncc1-n1ncc(C(=O)C2=Cc3cc(OCC(F)F)c(N4C(=O)NC5(CCN(C6COC6)C5)C4=O)cc3C2)c1N. The number of hydrogen-bond donors (Lipinski definition) is 2. The molecule has 17 heteroatoms. The number of ether oxygens (including phenoxy) is 3. The minimum atomic E-state index is -2.83. The fourth-order valence-electron chi connectivity index (χ4n) is 7.03. The molecule has 0 bridgehead atoms. The average Bonchev–Trinajstić information content (AvgIpc) is 3.86. The van der Waals surface area contributed by atoms with Crippen molar-refractivity contribution in [3.05, 3.63) is 88.3 Å². The number of para-hydroxylation sites is 1. The molecule has 8 rings (SSSR count). The molecule has 5 heterocycles. The number of aryl methyl sites for hydroxylation is 1. The van der Waals surface area contributed by atoms with Crippen LogP contribution in [-0.4, -0.2) is 88.3 Å². The van der Waals surface area contributed by atoms with Crippen molar-refractivity contribution in [1.29, 1.82) is 0 Å². The third-order valence-electron chi connectivity index (χ3n) is 9.89. The van der Waals surface area contributed by atoms with Crippen molar-refractivity contribution in [3.8, 4) is 23.1 Å². The van der Waals surface area contributed by atoms with Crippen LogP contribution < -0.4 is 25.4 Å². The van der Waals surface area contributed by atoms with E-state index in [2.05, 4.69) is 20.3 Å². The number of carbonyl (C=O) groups is 3. The number of nitrogens with two attached hydrogens (primary N) is 1. The van der Waals surface area contributed by atoms with Gasteiger partial charge in [0.1, 0.15) is 23.7 Å². The molecular weight excluding hydrogens is 702 g/mol. The number of allylic oxidation sites excluding steroid dienone is 1. The molecular formula is C36H31F4N7O6. The Labute approximate surface area is 298 Å². The van der Waals surface area contributed by atoms with Gasteiger partial charge in [-0.3, -0.25) is 14.5 Å². The van der Waals surface area contributed by atoms with Gasteiger partial charge in [-0.2, -0.15) is 5.10 Å². The summed E-state index contributed by atoms with van der Waals surface area (Å²) in [6.07, 6.45) is 1.80. The molecule has 1 aliphatic carbocycles. The number of urea groups is 1. The van der Waals surface area contributed by atoms with Crippen LogP contribution in [0, 0.1) is 18.6 Å². The van der Waals surface area contributed by atoms with Gasteiger partial charge < -0.3 is 25.3 Å². The summed E-state index contributed by atoms with van der Waals surface area (Å²) in [4.78, 5) is 48.3. The number of amides is 3. The quantitative estimate of drug-likeness (QED) is 0.134. The predicted molar refractivity (Wildman–Crippen MR) is 180 cm³/mol. The smallest absolute Gasteiger partial charge is 0.329 e. The van der Waals surface area contributed by atoms with Crippen LogP contribution in [-0.2, 0) is 16.0 Å². The van der Waals surface area contributed by atoms with E-state index in [4.69, 9.17) is 19.9 Å². The third kappa shape index (κ3) is 5.94. The van der Waals surface area contributed by atoms with Gasteiger partial charge in [0, 0.05) is 31.1 Å². The number of rotatable bonds is 10. The first kappa shape index (κ1) is 34.3. The number of ketones is 1. The fourth-order valence-corrected chi connectivity index (χ4v) is 7.03. The van der Waals surface area contributed by atoms with Crippen LogP contribution >= 0.6 is 0 Å². The average molecular weight is 734 g/mol. The Balaban J connectivity index is 1.04. The number of halogens is 4. The summed E-state index contributed by atoms with van der Waals surface area (Å²) >= 11 is 0. The molecule has 0 radical (unpaired) electrons. The molecule has 13 nitrogen and oxygen atoms in total. The monoisotopic (exact) mass is 733 g/mol. The van der Waals surface area contributed by atoms with Crippen LogP contribution in [0.1, 0.15) is 33.5 Å². The van der Waals surface area contributed by atoms with Gasteiger partial charge in [0.05, 0.1) is 48.6 Å². The molecule has 4 aliphatic rings. The molecule has 3 saturated heterocycles. The summed E-state index contributed by atoms with van der Waals surface area (Å²) in [7, 11) is 0. The highest BCUT2D eigenvalue weighted by Gasteiger charge is 2.57. The standard InChI is InChI=1S/C36H31F4N7O6/c1-18-7-30(53-32-24(37)3-2-4-25(32)38)42-13-27(18)47-33(41)23(12-43-47)31(48)21-8-19-10-26(28(11-20(19)9-21)52-16-29(39)40)46-34(49)36(44-35(46)50)5-6-45(17-36)22-14-51-15-22/h2-4,7,9-13,22,29H,5-6,8,14-17,41H2,1H3,(H,44,50). The van der Waals surface area contributed by atoms with E-state index in [1.54, 1.807) is 13.0 Å². The topological polar surface area (TPSA) is 154 Å². The molecule has 3 fully saturated rings. The number of anilines is 2. The number of benzene rings is 2. The van der Waals surface area contributed by atoms with E-state index in [0.29, 0.717) is 48.6 Å². The molecule has 53 heavy (non-hydrogen) atoms. The number of fused-ring (bicyclic) bond motifs is 1. The molecule has 1 atom stereocenters. The first-order valence-corrected chi connectivity index (χ1v) is 16.7. The number of Topliss-reactive ketones (excluding diaryl/α,β-unsaturated/α-hetero) is 1. The first-order chi connectivity index (χ1) is 25.4. The Morgan fingerprint density at radius 1 is 1.13 bits per heavy atom. The van der Waals surface area contributed by atoms with E-state index < -0.39 is 53.7 Å². The second-order valence-corrected chi connectivity index (χ2v) is 13.3. The van der Waals surface area contributed by atoms with Crippen molar-refractivity contribution >= 4 is 35.3 Å². The summed E-state index contributed by atoms with van der Waals surface area (Å²) in [5, 5.41) is 7.11. The van der Waals surface area contributed by atoms with Crippen LogP contribution in [0.15, 0.2) is 54.4 Å². The zero-order valence-electron chi connectivity index (χ0n) is 28.1. The molecule has 274 valence electrons. The van der Waals surface area contributed by atoms with Crippen molar-refractivity contribution in [2.45, 2.75) is 37.8 Å². The molecule has 1 spiro atoms. The minimum Gasteiger partial charge on any atom is -0.485 e. The van der Waals surface area contributed by atoms with Crippen molar-refractivity contribution in [2.75, 3.05) is 43.5 Å². The zero-order valence-corrected chi connectivity index (χ0v) is 28.1. The van der Waals surface area contributed by atoms with E-state index in [9.17, 15) is 31.9 Å². The second-order valence-electron chi connectivity index (χ2n) is 13.3. The molecule has 2 aromatic carbocycles. The number of nitrogens with one attached hydrogen (secondary N) is 1. The van der Waals surface area contributed by atoms with Crippen molar-refractivity contribution in [2.24, 2.45) is 0 Å². The summed E-state index contributed by atoms with van der Waals surface area (Å²) < 4.78 is 72.2. The van der Waals surface area contributed by atoms with Gasteiger partial charge in [0.2, 0.25) is 11.6 Å². The third-order valence-corrected chi connectivity index (χ3v) is 9.89. The number of nitrogens with zero attached hydrogens (tertiary/aromatic N) is 5. The number of aromatic nitrogens is 3. The van der Waals surface area contributed by atoms with Gasteiger partial charge >= 0.3 is 6.03 Å². The lowest BCUT2D eigenvalue weighted by molar-refractivity contribution is -0.122. The van der Waals surface area contributed by atoms with Crippen LogP contribution in [0.25, 0.3) is 11.8 Å². The lowest BCUT2D eigenvalue weighted by Gasteiger charge is -2.35. The van der Waals surface area contributed by atoms with Crippen LogP contribution in [0.4, 0.5) is 33.9 Å². The summed E-state index contributed by atoms with van der Waals surface area (Å²) in [5.41, 5.74) is 7.50. The Hall–Kier alpha value is -5.81.